The molecule has 0 unspecified atom stereocenters. The van der Waals surface area contributed by atoms with Crippen LogP contribution >= 0.6 is 11.8 Å². The van der Waals surface area contributed by atoms with E-state index in [0.29, 0.717) is 5.95 Å². The first-order chi connectivity index (χ1) is 28.2. The minimum Gasteiger partial charge on any atom is -0.309 e. The monoisotopic (exact) mass is 742 g/mol. The third kappa shape index (κ3) is 4.46. The van der Waals surface area contributed by atoms with Gasteiger partial charge in [-0.05, 0) is 87.9 Å². The molecular weight excluding hydrogens is 713 g/mol. The van der Waals surface area contributed by atoms with Gasteiger partial charge in [0.05, 0.1) is 33.3 Å². The Morgan fingerprint density at radius 2 is 1.07 bits per heavy atom. The molecule has 0 radical (unpaired) electrons. The highest BCUT2D eigenvalue weighted by molar-refractivity contribution is 7.99. The zero-order valence-electron chi connectivity index (χ0n) is 30.5. The zero-order valence-corrected chi connectivity index (χ0v) is 31.3. The molecule has 57 heavy (non-hydrogen) atoms. The van der Waals surface area contributed by atoms with Crippen molar-refractivity contribution in [2.75, 3.05) is 0 Å². The van der Waals surface area contributed by atoms with Crippen LogP contribution in [0.15, 0.2) is 192 Å². The van der Waals surface area contributed by atoms with E-state index in [-0.39, 0.29) is 0 Å². The number of hydrogen-bond donors (Lipinski definition) is 0. The summed E-state index contributed by atoms with van der Waals surface area (Å²) in [5.41, 5.74) is 11.2. The topological polar surface area (TPSA) is 35.6 Å². The molecule has 0 spiro atoms. The molecule has 1 aliphatic heterocycles. The fourth-order valence-electron chi connectivity index (χ4n) is 9.30. The molecule has 3 aromatic heterocycles. The molecule has 9 aromatic carbocycles. The summed E-state index contributed by atoms with van der Waals surface area (Å²) in [7, 11) is 0. The highest BCUT2D eigenvalue weighted by Crippen LogP contribution is 2.47. The molecule has 1 aliphatic rings. The molecule has 4 heterocycles. The second-order valence-corrected chi connectivity index (χ2v) is 16.1. The maximum absolute atomic E-state index is 5.45. The van der Waals surface area contributed by atoms with Crippen molar-refractivity contribution in [3.05, 3.63) is 182 Å². The second kappa shape index (κ2) is 11.7. The van der Waals surface area contributed by atoms with E-state index in [4.69, 9.17) is 9.97 Å². The van der Waals surface area contributed by atoms with Crippen LogP contribution in [-0.4, -0.2) is 19.1 Å². The van der Waals surface area contributed by atoms with Gasteiger partial charge in [0.1, 0.15) is 0 Å². The van der Waals surface area contributed by atoms with Crippen LogP contribution in [0.3, 0.4) is 0 Å². The molecule has 4 nitrogen and oxygen atoms in total. The average Bonchev–Trinajstić information content (AvgIpc) is 3.79. The lowest BCUT2D eigenvalue weighted by atomic mass is 10.00. The number of fused-ring (bicyclic) bond motifs is 11. The van der Waals surface area contributed by atoms with Crippen LogP contribution in [0.4, 0.5) is 0 Å². The van der Waals surface area contributed by atoms with Crippen molar-refractivity contribution in [1.29, 1.82) is 0 Å². The Morgan fingerprint density at radius 3 is 1.95 bits per heavy atom. The quantitative estimate of drug-likeness (QED) is 0.181. The molecule has 0 aliphatic carbocycles. The van der Waals surface area contributed by atoms with Crippen LogP contribution in [0.2, 0.25) is 0 Å². The Morgan fingerprint density at radius 1 is 0.404 bits per heavy atom. The summed E-state index contributed by atoms with van der Waals surface area (Å²) in [6.45, 7) is 0. The van der Waals surface area contributed by atoms with Crippen molar-refractivity contribution in [1.82, 2.24) is 19.1 Å². The maximum atomic E-state index is 5.45. The molecule has 0 amide bonds. The van der Waals surface area contributed by atoms with Gasteiger partial charge in [0, 0.05) is 53.4 Å². The van der Waals surface area contributed by atoms with Gasteiger partial charge in [0.2, 0.25) is 5.95 Å². The highest BCUT2D eigenvalue weighted by Gasteiger charge is 2.24. The fourth-order valence-corrected chi connectivity index (χ4v) is 10.4. The number of rotatable bonds is 3. The van der Waals surface area contributed by atoms with Gasteiger partial charge in [-0.25, -0.2) is 9.97 Å². The van der Waals surface area contributed by atoms with E-state index in [9.17, 15) is 0 Å². The number of hydrogen-bond acceptors (Lipinski definition) is 3. The van der Waals surface area contributed by atoms with Gasteiger partial charge in [-0.15, -0.1) is 0 Å². The van der Waals surface area contributed by atoms with Crippen LogP contribution < -0.4 is 0 Å². The molecule has 0 atom stereocenters. The summed E-state index contributed by atoms with van der Waals surface area (Å²) in [5, 5.41) is 10.8. The maximum Gasteiger partial charge on any atom is 0.235 e. The van der Waals surface area contributed by atoms with Crippen molar-refractivity contribution in [3.63, 3.8) is 0 Å². The lowest BCUT2D eigenvalue weighted by Crippen LogP contribution is -2.05. The van der Waals surface area contributed by atoms with Crippen molar-refractivity contribution >= 4 is 87.8 Å². The molecule has 264 valence electrons. The van der Waals surface area contributed by atoms with Gasteiger partial charge >= 0.3 is 0 Å². The second-order valence-electron chi connectivity index (χ2n) is 15.0. The van der Waals surface area contributed by atoms with E-state index in [1.54, 1.807) is 11.8 Å². The van der Waals surface area contributed by atoms with E-state index in [2.05, 4.69) is 191 Å². The summed E-state index contributed by atoms with van der Waals surface area (Å²) in [5.74, 6) is 0.684. The number of para-hydroxylation sites is 1. The van der Waals surface area contributed by atoms with Gasteiger partial charge in [-0.1, -0.05) is 133 Å². The van der Waals surface area contributed by atoms with Crippen LogP contribution in [0, 0.1) is 0 Å². The molecule has 5 heteroatoms. The summed E-state index contributed by atoms with van der Waals surface area (Å²) in [4.78, 5) is 13.2. The molecule has 13 rings (SSSR count). The van der Waals surface area contributed by atoms with Crippen LogP contribution in [0.25, 0.3) is 110 Å². The first kappa shape index (κ1) is 31.0. The van der Waals surface area contributed by atoms with Gasteiger partial charge in [0.15, 0.2) is 0 Å². The molecule has 12 aromatic rings. The summed E-state index contributed by atoms with van der Waals surface area (Å²) < 4.78 is 4.70. The normalized spacial score (nSPS) is 12.5. The Balaban J connectivity index is 1.04. The van der Waals surface area contributed by atoms with E-state index in [0.717, 1.165) is 38.9 Å². The molecular formula is C52H30N4S. The molecule has 0 saturated carbocycles. The van der Waals surface area contributed by atoms with Crippen LogP contribution in [-0.2, 0) is 0 Å². The summed E-state index contributed by atoms with van der Waals surface area (Å²) >= 11 is 1.80. The van der Waals surface area contributed by atoms with Gasteiger partial charge in [-0.2, -0.15) is 0 Å². The molecule has 0 bridgehead atoms. The van der Waals surface area contributed by atoms with Crippen LogP contribution in [0.5, 0.6) is 0 Å². The Bertz CT molecular complexity index is 3690. The largest absolute Gasteiger partial charge is 0.309 e. The lowest BCUT2D eigenvalue weighted by molar-refractivity contribution is 1.01. The van der Waals surface area contributed by atoms with Gasteiger partial charge in [-0.3, -0.25) is 4.57 Å². The van der Waals surface area contributed by atoms with Gasteiger partial charge in [0.25, 0.3) is 0 Å². The third-order valence-electron chi connectivity index (χ3n) is 11.9. The Labute approximate surface area is 331 Å². The number of nitrogens with zero attached hydrogens (tertiary/aromatic N) is 4. The average molecular weight is 743 g/mol. The predicted octanol–water partition coefficient (Wildman–Crippen LogP) is 13.9. The van der Waals surface area contributed by atoms with E-state index < -0.39 is 0 Å². The van der Waals surface area contributed by atoms with Crippen molar-refractivity contribution in [3.8, 4) is 34.0 Å². The van der Waals surface area contributed by atoms with E-state index in [1.165, 1.54) is 75.0 Å². The Kier molecular flexibility index (Phi) is 6.35. The lowest BCUT2D eigenvalue weighted by Gasteiger charge is -2.20. The smallest absolute Gasteiger partial charge is 0.235 e. The van der Waals surface area contributed by atoms with Crippen molar-refractivity contribution in [2.45, 2.75) is 9.79 Å². The number of benzene rings is 9. The first-order valence-electron chi connectivity index (χ1n) is 19.3. The summed E-state index contributed by atoms with van der Waals surface area (Å²) in [6.07, 6.45) is 0. The Hall–Kier alpha value is -7.21. The third-order valence-corrected chi connectivity index (χ3v) is 13.0. The summed E-state index contributed by atoms with van der Waals surface area (Å²) in [6, 6.07) is 66.1. The highest BCUT2D eigenvalue weighted by atomic mass is 32.2. The first-order valence-corrected chi connectivity index (χ1v) is 20.1. The van der Waals surface area contributed by atoms with Crippen molar-refractivity contribution < 1.29 is 0 Å². The standard InChI is InChI=1S/C52H30N4S/c1-2-12-33-28-36(24-20-31(33)10-1)55-44-17-7-5-14-38(44)41-29-34(22-26-45(41)55)35-23-27-46-42(30-35)39-25-21-32-11-3-4-13-37(32)51(39)56(46)52-53-43-16-9-19-48-49(43)50(54-52)40-15-6-8-18-47(40)57-48/h1-30H. The van der Waals surface area contributed by atoms with E-state index >= 15 is 0 Å². The van der Waals surface area contributed by atoms with E-state index in [1.807, 2.05) is 0 Å². The SMILES string of the molecule is c1ccc2c(c1)Sc1cccc3nc(-n4c5ccc(-c6ccc7c(c6)c6ccccc6n7-c6ccc7ccccc7c6)cc5c5ccc6ccccc6c54)nc-2c13. The molecule has 0 saturated heterocycles. The minimum absolute atomic E-state index is 0.684. The number of aromatic nitrogens is 4. The predicted molar refractivity (Wildman–Crippen MR) is 238 cm³/mol. The molecule has 0 N–H and O–H groups in total. The molecule has 0 fully saturated rings. The minimum atomic E-state index is 0.684. The fraction of sp³-hybridized carbons (Fsp3) is 0. The van der Waals surface area contributed by atoms with Gasteiger partial charge < -0.3 is 4.57 Å². The van der Waals surface area contributed by atoms with Crippen LogP contribution in [0.1, 0.15) is 0 Å². The van der Waals surface area contributed by atoms with Crippen molar-refractivity contribution in [2.24, 2.45) is 0 Å². The zero-order chi connectivity index (χ0) is 37.2.